The van der Waals surface area contributed by atoms with E-state index in [0.717, 1.165) is 13.0 Å². The molecule has 0 aliphatic rings. The van der Waals surface area contributed by atoms with Crippen molar-refractivity contribution in [3.8, 4) is 11.5 Å². The molecule has 0 radical (unpaired) electrons. The predicted molar refractivity (Wildman–Crippen MR) is 107 cm³/mol. The predicted octanol–water partition coefficient (Wildman–Crippen LogP) is 4.02. The molecule has 144 valence electrons. The molecule has 25 heavy (non-hydrogen) atoms. The molecule has 0 amide bonds. The smallest absolute Gasteiger partial charge is 0.387 e. The van der Waals surface area contributed by atoms with Crippen LogP contribution in [0.2, 0.25) is 0 Å². The van der Waals surface area contributed by atoms with E-state index in [9.17, 15) is 8.78 Å². The second-order valence-corrected chi connectivity index (χ2v) is 6.52. The summed E-state index contributed by atoms with van der Waals surface area (Å²) in [4.78, 5) is 4.13. The van der Waals surface area contributed by atoms with Gasteiger partial charge in [0.15, 0.2) is 5.96 Å². The van der Waals surface area contributed by atoms with Gasteiger partial charge in [0.25, 0.3) is 0 Å². The lowest BCUT2D eigenvalue weighted by atomic mass is 9.92. The van der Waals surface area contributed by atoms with Crippen molar-refractivity contribution in [1.29, 1.82) is 0 Å². The molecule has 0 aliphatic heterocycles. The molecule has 0 unspecified atom stereocenters. The first-order valence-electron chi connectivity index (χ1n) is 7.81. The van der Waals surface area contributed by atoms with Crippen LogP contribution in [0.5, 0.6) is 11.5 Å². The minimum Gasteiger partial charge on any atom is -0.497 e. The van der Waals surface area contributed by atoms with Crippen molar-refractivity contribution in [3.63, 3.8) is 0 Å². The summed E-state index contributed by atoms with van der Waals surface area (Å²) in [7, 11) is 3.18. The summed E-state index contributed by atoms with van der Waals surface area (Å²) in [6.45, 7) is 4.66. The van der Waals surface area contributed by atoms with Gasteiger partial charge in [0, 0.05) is 25.7 Å². The number of guanidine groups is 1. The summed E-state index contributed by atoms with van der Waals surface area (Å²) in [5.41, 5.74) is 0.783. The van der Waals surface area contributed by atoms with E-state index in [4.69, 9.17) is 4.74 Å². The standard InChI is InChI=1S/C17H27F2N3O2.HI/c1-17(2,3)8-9-21-16(20-4)22-11-12-10-13(23-5)6-7-14(12)24-15(18)19;/h6-7,10,15H,8-9,11H2,1-5H3,(H2,20,21,22);1H. The third kappa shape index (κ3) is 9.66. The van der Waals surface area contributed by atoms with Gasteiger partial charge in [-0.15, -0.1) is 24.0 Å². The lowest BCUT2D eigenvalue weighted by Crippen LogP contribution is -2.38. The van der Waals surface area contributed by atoms with Crippen molar-refractivity contribution < 1.29 is 18.3 Å². The number of aliphatic imine (C=N–C) groups is 1. The van der Waals surface area contributed by atoms with E-state index < -0.39 is 6.61 Å². The highest BCUT2D eigenvalue weighted by Gasteiger charge is 2.12. The van der Waals surface area contributed by atoms with Gasteiger partial charge >= 0.3 is 6.61 Å². The van der Waals surface area contributed by atoms with Gasteiger partial charge in [0.05, 0.1) is 7.11 Å². The molecular formula is C17H28F2IN3O2. The highest BCUT2D eigenvalue weighted by molar-refractivity contribution is 14.0. The average molecular weight is 471 g/mol. The Labute approximate surface area is 165 Å². The molecule has 0 saturated heterocycles. The highest BCUT2D eigenvalue weighted by Crippen LogP contribution is 2.25. The van der Waals surface area contributed by atoms with E-state index in [-0.39, 0.29) is 41.7 Å². The van der Waals surface area contributed by atoms with Crippen molar-refractivity contribution in [2.75, 3.05) is 20.7 Å². The zero-order valence-corrected chi connectivity index (χ0v) is 17.7. The zero-order chi connectivity index (χ0) is 18.2. The fourth-order valence-electron chi connectivity index (χ4n) is 1.99. The van der Waals surface area contributed by atoms with Crippen LogP contribution in [0.15, 0.2) is 23.2 Å². The Morgan fingerprint density at radius 2 is 1.92 bits per heavy atom. The van der Waals surface area contributed by atoms with Crippen molar-refractivity contribution in [2.45, 2.75) is 40.3 Å². The third-order valence-corrected chi connectivity index (χ3v) is 3.32. The van der Waals surface area contributed by atoms with Crippen molar-refractivity contribution in [1.82, 2.24) is 10.6 Å². The number of halogens is 3. The second-order valence-electron chi connectivity index (χ2n) is 6.52. The molecule has 8 heteroatoms. The van der Waals surface area contributed by atoms with Crippen LogP contribution in [0.25, 0.3) is 0 Å². The Bertz CT molecular complexity index is 549. The lowest BCUT2D eigenvalue weighted by Gasteiger charge is -2.20. The van der Waals surface area contributed by atoms with Gasteiger partial charge in [0.2, 0.25) is 0 Å². The number of methoxy groups -OCH3 is 1. The normalized spacial score (nSPS) is 11.8. The summed E-state index contributed by atoms with van der Waals surface area (Å²) in [5.74, 6) is 1.29. The maximum absolute atomic E-state index is 12.5. The molecule has 0 atom stereocenters. The molecule has 1 aromatic carbocycles. The molecule has 0 spiro atoms. The monoisotopic (exact) mass is 471 g/mol. The molecule has 0 saturated carbocycles. The molecule has 1 aromatic rings. The number of rotatable bonds is 7. The topological polar surface area (TPSA) is 54.9 Å². The summed E-state index contributed by atoms with van der Waals surface area (Å²) < 4.78 is 34.7. The number of nitrogens with one attached hydrogen (secondary N) is 2. The van der Waals surface area contributed by atoms with Crippen molar-refractivity contribution >= 4 is 29.9 Å². The van der Waals surface area contributed by atoms with E-state index in [0.29, 0.717) is 17.3 Å². The van der Waals surface area contributed by atoms with Gasteiger partial charge in [-0.05, 0) is 30.0 Å². The van der Waals surface area contributed by atoms with Crippen LogP contribution < -0.4 is 20.1 Å². The Balaban J connectivity index is 0.00000576. The summed E-state index contributed by atoms with van der Waals surface area (Å²) in [6.07, 6.45) is 0.979. The number of ether oxygens (including phenoxy) is 2. The highest BCUT2D eigenvalue weighted by atomic mass is 127. The largest absolute Gasteiger partial charge is 0.497 e. The van der Waals surface area contributed by atoms with E-state index in [1.165, 1.54) is 13.2 Å². The Morgan fingerprint density at radius 1 is 1.24 bits per heavy atom. The fraction of sp³-hybridized carbons (Fsp3) is 0.588. The van der Waals surface area contributed by atoms with Gasteiger partial charge in [-0.25, -0.2) is 0 Å². The van der Waals surface area contributed by atoms with E-state index in [1.54, 1.807) is 19.2 Å². The molecule has 0 aromatic heterocycles. The third-order valence-electron chi connectivity index (χ3n) is 3.32. The molecule has 0 bridgehead atoms. The number of hydrogen-bond acceptors (Lipinski definition) is 3. The summed E-state index contributed by atoms with van der Waals surface area (Å²) in [5, 5.41) is 6.30. The number of alkyl halides is 2. The molecule has 0 aliphatic carbocycles. The van der Waals surface area contributed by atoms with Crippen LogP contribution in [0.3, 0.4) is 0 Å². The first-order valence-corrected chi connectivity index (χ1v) is 7.81. The van der Waals surface area contributed by atoms with Crippen molar-refractivity contribution in [2.24, 2.45) is 10.4 Å². The number of benzene rings is 1. The SMILES string of the molecule is CN=C(NCCC(C)(C)C)NCc1cc(OC)ccc1OC(F)F.I. The van der Waals surface area contributed by atoms with E-state index in [2.05, 4.69) is 41.1 Å². The van der Waals surface area contributed by atoms with E-state index in [1.807, 2.05) is 0 Å². The van der Waals surface area contributed by atoms with E-state index >= 15 is 0 Å². The van der Waals surface area contributed by atoms with Gasteiger partial charge < -0.3 is 20.1 Å². The molecule has 0 fully saturated rings. The Kier molecular flexibility index (Phi) is 10.7. The Hall–Kier alpha value is -1.32. The van der Waals surface area contributed by atoms with Gasteiger partial charge in [0.1, 0.15) is 11.5 Å². The quantitative estimate of drug-likeness (QED) is 0.359. The van der Waals surface area contributed by atoms with Crippen LogP contribution in [0.1, 0.15) is 32.8 Å². The molecular weight excluding hydrogens is 443 g/mol. The minimum atomic E-state index is -2.87. The van der Waals surface area contributed by atoms with Crippen molar-refractivity contribution in [3.05, 3.63) is 23.8 Å². The number of hydrogen-bond donors (Lipinski definition) is 2. The maximum Gasteiger partial charge on any atom is 0.387 e. The van der Waals surface area contributed by atoms with Crippen LogP contribution in [0, 0.1) is 5.41 Å². The molecule has 0 heterocycles. The molecule has 2 N–H and O–H groups in total. The van der Waals surface area contributed by atoms with Gasteiger partial charge in [-0.2, -0.15) is 8.78 Å². The van der Waals surface area contributed by atoms with Crippen LogP contribution >= 0.6 is 24.0 Å². The van der Waals surface area contributed by atoms with Gasteiger partial charge in [-0.3, -0.25) is 4.99 Å². The molecule has 5 nitrogen and oxygen atoms in total. The minimum absolute atomic E-state index is 0. The van der Waals surface area contributed by atoms with Crippen LogP contribution in [-0.4, -0.2) is 33.3 Å². The average Bonchev–Trinajstić information content (AvgIpc) is 2.50. The number of nitrogens with zero attached hydrogens (tertiary/aromatic N) is 1. The Morgan fingerprint density at radius 3 is 2.44 bits per heavy atom. The molecule has 1 rings (SSSR count). The second kappa shape index (κ2) is 11.3. The van der Waals surface area contributed by atoms with Gasteiger partial charge in [-0.1, -0.05) is 20.8 Å². The van der Waals surface area contributed by atoms with Crippen LogP contribution in [0.4, 0.5) is 8.78 Å². The summed E-state index contributed by atoms with van der Waals surface area (Å²) in [6, 6.07) is 4.71. The van der Waals surface area contributed by atoms with Crippen LogP contribution in [-0.2, 0) is 6.54 Å². The first kappa shape index (κ1) is 23.7. The lowest BCUT2D eigenvalue weighted by molar-refractivity contribution is -0.0504. The maximum atomic E-state index is 12.5. The first-order chi connectivity index (χ1) is 11.2. The zero-order valence-electron chi connectivity index (χ0n) is 15.4. The summed E-state index contributed by atoms with van der Waals surface area (Å²) >= 11 is 0. The fourth-order valence-corrected chi connectivity index (χ4v) is 1.99.